The van der Waals surface area contributed by atoms with Crippen LogP contribution < -0.4 is 17.0 Å². The maximum absolute atomic E-state index is 15.9. The van der Waals surface area contributed by atoms with Gasteiger partial charge in [0.25, 0.3) is 5.56 Å². The summed E-state index contributed by atoms with van der Waals surface area (Å²) in [7, 11) is -5.11. The number of anilines is 2. The molecule has 0 aliphatic carbocycles. The topological polar surface area (TPSA) is 263 Å². The second kappa shape index (κ2) is 10.7. The molecular weight excluding hydrogens is 617 g/mol. The number of imidazole rings is 2. The number of halogens is 2. The summed E-state index contributed by atoms with van der Waals surface area (Å²) in [5.74, 6) is -1.20. The Bertz CT molecular complexity index is 1820. The van der Waals surface area contributed by atoms with Gasteiger partial charge in [0.05, 0.1) is 25.4 Å². The van der Waals surface area contributed by atoms with Gasteiger partial charge in [-0.2, -0.15) is 4.98 Å². The van der Waals surface area contributed by atoms with Crippen LogP contribution in [0.25, 0.3) is 22.3 Å². The number of phosphoric ester groups is 1. The van der Waals surface area contributed by atoms with E-state index in [4.69, 9.17) is 34.7 Å². The summed E-state index contributed by atoms with van der Waals surface area (Å²) in [5.41, 5.74) is 10.9. The molecule has 236 valence electrons. The minimum atomic E-state index is -5.11. The SMILES string of the molecule is Nc1nc2c(ncn2C2OC3OC(O)CCC4C(COP(=O)(O)OC2C3F)OC(n2cnc3c(N)ncnc32)C4F)c(=O)[nH]1. The summed E-state index contributed by atoms with van der Waals surface area (Å²) in [6.07, 6.45) is -10.2. The number of nitrogens with one attached hydrogen (secondary N) is 1. The van der Waals surface area contributed by atoms with Crippen LogP contribution in [0.15, 0.2) is 23.8 Å². The Kier molecular flexibility index (Phi) is 7.09. The van der Waals surface area contributed by atoms with Crippen molar-refractivity contribution in [2.75, 3.05) is 18.1 Å². The van der Waals surface area contributed by atoms with E-state index in [0.717, 1.165) is 10.9 Å². The zero-order valence-electron chi connectivity index (χ0n) is 22.3. The summed E-state index contributed by atoms with van der Waals surface area (Å²) in [4.78, 5) is 45.2. The van der Waals surface area contributed by atoms with Crippen LogP contribution in [-0.2, 0) is 27.8 Å². The van der Waals surface area contributed by atoms with Crippen molar-refractivity contribution in [1.29, 1.82) is 0 Å². The minimum Gasteiger partial charge on any atom is -0.382 e. The van der Waals surface area contributed by atoms with Crippen LogP contribution in [0.2, 0.25) is 0 Å². The number of ether oxygens (including phenoxy) is 3. The fraction of sp³-hybridized carbons (Fsp3) is 0.545. The third-order valence-electron chi connectivity index (χ3n) is 7.68. The smallest absolute Gasteiger partial charge is 0.382 e. The summed E-state index contributed by atoms with van der Waals surface area (Å²) >= 11 is 0. The third kappa shape index (κ3) is 4.90. The number of phosphoric acid groups is 1. The highest BCUT2D eigenvalue weighted by atomic mass is 31.2. The molecule has 3 aliphatic rings. The van der Waals surface area contributed by atoms with Crippen molar-refractivity contribution < 1.29 is 46.6 Å². The maximum atomic E-state index is 15.9. The molecule has 10 unspecified atom stereocenters. The fourth-order valence-corrected chi connectivity index (χ4v) is 6.56. The summed E-state index contributed by atoms with van der Waals surface area (Å²) < 4.78 is 74.4. The van der Waals surface area contributed by atoms with Crippen molar-refractivity contribution >= 4 is 41.9 Å². The lowest BCUT2D eigenvalue weighted by Crippen LogP contribution is -2.33. The number of fused-ring (bicyclic) bond motifs is 5. The molecule has 44 heavy (non-hydrogen) atoms. The Balaban J connectivity index is 1.18. The van der Waals surface area contributed by atoms with E-state index in [9.17, 15) is 19.4 Å². The molecule has 22 heteroatoms. The number of aliphatic hydroxyl groups excluding tert-OH is 1. The molecule has 0 aromatic carbocycles. The van der Waals surface area contributed by atoms with Crippen molar-refractivity contribution in [3.05, 3.63) is 29.3 Å². The number of nitrogens with two attached hydrogens (primary N) is 2. The van der Waals surface area contributed by atoms with E-state index in [1.54, 1.807) is 0 Å². The molecule has 4 aromatic rings. The first-order valence-electron chi connectivity index (χ1n) is 13.2. The van der Waals surface area contributed by atoms with Crippen LogP contribution in [-0.4, -0.2) is 92.8 Å². The van der Waals surface area contributed by atoms with Crippen molar-refractivity contribution in [2.24, 2.45) is 5.92 Å². The number of hydrogen-bond acceptors (Lipinski definition) is 15. The lowest BCUT2D eigenvalue weighted by atomic mass is 9.93. The van der Waals surface area contributed by atoms with Crippen molar-refractivity contribution in [3.8, 4) is 0 Å². The highest BCUT2D eigenvalue weighted by Gasteiger charge is 2.53. The summed E-state index contributed by atoms with van der Waals surface area (Å²) in [6, 6.07) is 0. The molecule has 10 atom stereocenters. The lowest BCUT2D eigenvalue weighted by Gasteiger charge is -2.25. The van der Waals surface area contributed by atoms with E-state index < -0.39 is 75.5 Å². The highest BCUT2D eigenvalue weighted by Crippen LogP contribution is 2.52. The van der Waals surface area contributed by atoms with Crippen LogP contribution in [0, 0.1) is 5.92 Å². The number of hydrogen-bond donors (Lipinski definition) is 5. The first kappa shape index (κ1) is 29.0. The van der Waals surface area contributed by atoms with E-state index in [-0.39, 0.29) is 46.9 Å². The number of nitrogen functional groups attached to an aromatic ring is 2. The predicted molar refractivity (Wildman–Crippen MR) is 140 cm³/mol. The van der Waals surface area contributed by atoms with Crippen LogP contribution in [0.5, 0.6) is 0 Å². The van der Waals surface area contributed by atoms with Crippen molar-refractivity contribution in [1.82, 2.24) is 39.0 Å². The molecule has 3 saturated heterocycles. The van der Waals surface area contributed by atoms with E-state index in [0.29, 0.717) is 0 Å². The van der Waals surface area contributed by atoms with Crippen LogP contribution >= 0.6 is 7.82 Å². The molecule has 2 bridgehead atoms. The standard InChI is InChI=1S/C22H25F2N10O9P/c23-10-7-1-2-9(35)41-21-11(24)14(20(42-21)34-6-30-13-17(34)31-22(26)32-18(13)36)43-44(37,38)39-3-8(7)40-19(10)33-5-29-12-15(25)27-4-28-16(12)33/h4-11,14,19-21,35H,1-3H2,(H,37,38)(H2,25,27,28)(H3,26,31,32,36). The average Bonchev–Trinajstić information content (AvgIpc) is 3.72. The number of aromatic nitrogens is 8. The molecule has 7 N–H and O–H groups in total. The first-order valence-corrected chi connectivity index (χ1v) is 14.7. The molecule has 7 rings (SSSR count). The van der Waals surface area contributed by atoms with Gasteiger partial charge in [-0.25, -0.2) is 33.3 Å². The Morgan fingerprint density at radius 2 is 1.73 bits per heavy atom. The van der Waals surface area contributed by atoms with Gasteiger partial charge in [-0.05, 0) is 12.8 Å². The van der Waals surface area contributed by atoms with E-state index in [2.05, 4.69) is 29.9 Å². The Labute approximate surface area is 243 Å². The molecule has 7 heterocycles. The van der Waals surface area contributed by atoms with Gasteiger partial charge in [0, 0.05) is 5.92 Å². The van der Waals surface area contributed by atoms with Gasteiger partial charge in [0.2, 0.25) is 5.95 Å². The van der Waals surface area contributed by atoms with Gasteiger partial charge in [-0.15, -0.1) is 0 Å². The van der Waals surface area contributed by atoms with Gasteiger partial charge in [-0.3, -0.25) is 28.0 Å². The number of aromatic amines is 1. The van der Waals surface area contributed by atoms with Crippen molar-refractivity contribution in [3.63, 3.8) is 0 Å². The number of alkyl halides is 2. The molecule has 0 saturated carbocycles. The van der Waals surface area contributed by atoms with Gasteiger partial charge in [0.1, 0.15) is 11.8 Å². The number of nitrogens with zero attached hydrogens (tertiary/aromatic N) is 7. The summed E-state index contributed by atoms with van der Waals surface area (Å²) in [5, 5.41) is 10.6. The van der Waals surface area contributed by atoms with E-state index in [1.807, 2.05) is 0 Å². The number of rotatable bonds is 2. The van der Waals surface area contributed by atoms with Crippen molar-refractivity contribution in [2.45, 2.75) is 62.4 Å². The second-order valence-electron chi connectivity index (χ2n) is 10.4. The number of H-pyrrole nitrogens is 1. The zero-order chi connectivity index (χ0) is 30.9. The normalized spacial score (nSPS) is 36.6. The quantitative estimate of drug-likeness (QED) is 0.177. The average molecular weight is 642 g/mol. The fourth-order valence-electron chi connectivity index (χ4n) is 5.64. The molecule has 4 aromatic heterocycles. The Morgan fingerprint density at radius 1 is 0.977 bits per heavy atom. The number of aliphatic hydroxyl groups is 1. The van der Waals surface area contributed by atoms with Gasteiger partial charge < -0.3 is 35.7 Å². The molecule has 19 nitrogen and oxygen atoms in total. The Hall–Kier alpha value is -3.69. The largest absolute Gasteiger partial charge is 0.472 e. The summed E-state index contributed by atoms with van der Waals surface area (Å²) in [6.45, 7) is -0.657. The predicted octanol–water partition coefficient (Wildman–Crippen LogP) is -0.200. The van der Waals surface area contributed by atoms with E-state index >= 15 is 8.78 Å². The van der Waals surface area contributed by atoms with Crippen LogP contribution in [0.3, 0.4) is 0 Å². The third-order valence-corrected chi connectivity index (χ3v) is 8.67. The molecule has 3 fully saturated rings. The molecule has 0 spiro atoms. The Morgan fingerprint density at radius 3 is 2.52 bits per heavy atom. The van der Waals surface area contributed by atoms with Gasteiger partial charge >= 0.3 is 7.82 Å². The lowest BCUT2D eigenvalue weighted by molar-refractivity contribution is -0.243. The van der Waals surface area contributed by atoms with Gasteiger partial charge in [-0.1, -0.05) is 0 Å². The first-order chi connectivity index (χ1) is 21.0. The second-order valence-corrected chi connectivity index (χ2v) is 11.8. The van der Waals surface area contributed by atoms with Crippen LogP contribution in [0.1, 0.15) is 25.3 Å². The minimum absolute atomic E-state index is 0.0720. The van der Waals surface area contributed by atoms with Crippen LogP contribution in [0.4, 0.5) is 20.5 Å². The monoisotopic (exact) mass is 642 g/mol. The molecule has 0 amide bonds. The maximum Gasteiger partial charge on any atom is 0.472 e. The molecule has 3 aliphatic heterocycles. The van der Waals surface area contributed by atoms with Gasteiger partial charge in [0.15, 0.2) is 66.1 Å². The molecule has 0 radical (unpaired) electrons. The molecular formula is C22H25F2N10O9P. The highest BCUT2D eigenvalue weighted by molar-refractivity contribution is 7.47. The zero-order valence-corrected chi connectivity index (χ0v) is 23.2. The van der Waals surface area contributed by atoms with E-state index in [1.165, 1.54) is 17.2 Å².